The van der Waals surface area contributed by atoms with Gasteiger partial charge in [0.25, 0.3) is 5.91 Å². The van der Waals surface area contributed by atoms with E-state index in [1.54, 1.807) is 0 Å². The summed E-state index contributed by atoms with van der Waals surface area (Å²) in [6.07, 6.45) is 2.69. The van der Waals surface area contributed by atoms with Crippen LogP contribution in [0.2, 0.25) is 0 Å². The number of hydrogen-bond donors (Lipinski definition) is 1. The third-order valence-electron chi connectivity index (χ3n) is 4.61. The Bertz CT molecular complexity index is 517. The molecule has 3 unspecified atom stereocenters. The van der Waals surface area contributed by atoms with Crippen LogP contribution in [0.15, 0.2) is 24.3 Å². The van der Waals surface area contributed by atoms with Gasteiger partial charge in [0.2, 0.25) is 0 Å². The van der Waals surface area contributed by atoms with Gasteiger partial charge in [0.1, 0.15) is 5.75 Å². The number of amides is 1. The molecule has 1 aromatic rings. The van der Waals surface area contributed by atoms with Crippen molar-refractivity contribution >= 4 is 5.91 Å². The van der Waals surface area contributed by atoms with Gasteiger partial charge in [0, 0.05) is 12.1 Å². The van der Waals surface area contributed by atoms with Crippen molar-refractivity contribution in [3.8, 4) is 5.75 Å². The first-order chi connectivity index (χ1) is 10.0. The number of aliphatic hydroxyl groups is 1. The Labute approximate surface area is 125 Å². The van der Waals surface area contributed by atoms with Crippen molar-refractivity contribution in [1.29, 1.82) is 0 Å². The molecule has 4 heteroatoms. The minimum Gasteiger partial charge on any atom is -0.481 e. The molecule has 0 aliphatic carbocycles. The van der Waals surface area contributed by atoms with Gasteiger partial charge in [-0.3, -0.25) is 4.79 Å². The van der Waals surface area contributed by atoms with Crippen LogP contribution >= 0.6 is 0 Å². The van der Waals surface area contributed by atoms with Crippen molar-refractivity contribution in [2.45, 2.75) is 63.8 Å². The number of piperidine rings is 1. The van der Waals surface area contributed by atoms with Crippen molar-refractivity contribution < 1.29 is 14.6 Å². The van der Waals surface area contributed by atoms with Crippen molar-refractivity contribution in [2.75, 3.05) is 0 Å². The molecule has 0 spiro atoms. The number of benzene rings is 1. The molecule has 1 aromatic carbocycles. The summed E-state index contributed by atoms with van der Waals surface area (Å²) in [4.78, 5) is 14.6. The summed E-state index contributed by atoms with van der Waals surface area (Å²) < 4.78 is 5.81. The van der Waals surface area contributed by atoms with E-state index < -0.39 is 6.10 Å². The van der Waals surface area contributed by atoms with Crippen LogP contribution in [0.1, 0.15) is 38.2 Å². The summed E-state index contributed by atoms with van der Waals surface area (Å²) >= 11 is 0. The third-order valence-corrected chi connectivity index (χ3v) is 4.61. The van der Waals surface area contributed by atoms with Gasteiger partial charge in [-0.05, 0) is 57.2 Å². The summed E-state index contributed by atoms with van der Waals surface area (Å²) in [6, 6.07) is 8.14. The zero-order valence-electron chi connectivity index (χ0n) is 12.7. The SMILES string of the molecule is Cc1cccc(OC(C)C(=O)N2C3CCC2CC(O)C3)c1. The van der Waals surface area contributed by atoms with Gasteiger partial charge < -0.3 is 14.7 Å². The fourth-order valence-corrected chi connectivity index (χ4v) is 3.66. The van der Waals surface area contributed by atoms with E-state index in [1.807, 2.05) is 43.0 Å². The van der Waals surface area contributed by atoms with Gasteiger partial charge in [0.05, 0.1) is 6.10 Å². The van der Waals surface area contributed by atoms with Gasteiger partial charge >= 0.3 is 0 Å². The highest BCUT2D eigenvalue weighted by atomic mass is 16.5. The topological polar surface area (TPSA) is 49.8 Å². The third kappa shape index (κ3) is 2.91. The fourth-order valence-electron chi connectivity index (χ4n) is 3.66. The molecular formula is C17H23NO3. The van der Waals surface area contributed by atoms with Crippen molar-refractivity contribution in [3.63, 3.8) is 0 Å². The number of fused-ring (bicyclic) bond motifs is 2. The molecule has 2 fully saturated rings. The zero-order chi connectivity index (χ0) is 15.0. The molecule has 3 rings (SSSR count). The Kier molecular flexibility index (Phi) is 3.89. The molecule has 2 aliphatic heterocycles. The standard InChI is InChI=1S/C17H23NO3/c1-11-4-3-5-16(8-11)21-12(2)17(20)18-13-6-7-14(18)10-15(19)9-13/h3-5,8,12-15,19H,6-7,9-10H2,1-2H3. The van der Waals surface area contributed by atoms with Gasteiger partial charge in [-0.1, -0.05) is 12.1 Å². The van der Waals surface area contributed by atoms with E-state index >= 15 is 0 Å². The lowest BCUT2D eigenvalue weighted by atomic mass is 9.99. The molecule has 0 radical (unpaired) electrons. The maximum absolute atomic E-state index is 12.7. The number of nitrogens with zero attached hydrogens (tertiary/aromatic N) is 1. The highest BCUT2D eigenvalue weighted by Crippen LogP contribution is 2.36. The fraction of sp³-hybridized carbons (Fsp3) is 0.588. The average molecular weight is 289 g/mol. The van der Waals surface area contributed by atoms with Gasteiger partial charge in [-0.2, -0.15) is 0 Å². The first-order valence-electron chi connectivity index (χ1n) is 7.78. The molecule has 0 aromatic heterocycles. The van der Waals surface area contributed by atoms with Crippen LogP contribution in [0.3, 0.4) is 0 Å². The Hall–Kier alpha value is -1.55. The van der Waals surface area contributed by atoms with Crippen LogP contribution in [0, 0.1) is 6.92 Å². The monoisotopic (exact) mass is 289 g/mol. The highest BCUT2D eigenvalue weighted by molar-refractivity contribution is 5.82. The number of hydrogen-bond acceptors (Lipinski definition) is 3. The van der Waals surface area contributed by atoms with E-state index in [0.717, 1.165) is 24.2 Å². The Balaban J connectivity index is 1.68. The molecule has 2 aliphatic rings. The summed E-state index contributed by atoms with van der Waals surface area (Å²) in [5, 5.41) is 9.82. The summed E-state index contributed by atoms with van der Waals surface area (Å²) in [5.41, 5.74) is 1.12. The van der Waals surface area contributed by atoms with Crippen molar-refractivity contribution in [1.82, 2.24) is 4.90 Å². The normalized spacial score (nSPS) is 29.3. The molecule has 2 bridgehead atoms. The molecule has 4 nitrogen and oxygen atoms in total. The number of rotatable bonds is 3. The van der Waals surface area contributed by atoms with E-state index in [1.165, 1.54) is 0 Å². The van der Waals surface area contributed by atoms with Crippen molar-refractivity contribution in [2.24, 2.45) is 0 Å². The van der Waals surface area contributed by atoms with Crippen molar-refractivity contribution in [3.05, 3.63) is 29.8 Å². The minimum atomic E-state index is -0.481. The Morgan fingerprint density at radius 3 is 2.62 bits per heavy atom. The second-order valence-corrected chi connectivity index (χ2v) is 6.33. The quantitative estimate of drug-likeness (QED) is 0.928. The molecule has 0 saturated carbocycles. The number of ether oxygens (including phenoxy) is 1. The summed E-state index contributed by atoms with van der Waals surface area (Å²) in [5.74, 6) is 0.788. The first kappa shape index (κ1) is 14.4. The van der Waals surface area contributed by atoms with Gasteiger partial charge in [-0.15, -0.1) is 0 Å². The number of aryl methyl sites for hydroxylation is 1. The van der Waals surface area contributed by atoms with E-state index in [-0.39, 0.29) is 24.1 Å². The smallest absolute Gasteiger partial charge is 0.263 e. The molecule has 114 valence electrons. The second-order valence-electron chi connectivity index (χ2n) is 6.33. The van der Waals surface area contributed by atoms with Crippen LogP contribution in [0.5, 0.6) is 5.75 Å². The van der Waals surface area contributed by atoms with Gasteiger partial charge in [0.15, 0.2) is 6.10 Å². The van der Waals surface area contributed by atoms with E-state index in [0.29, 0.717) is 12.8 Å². The van der Waals surface area contributed by atoms with Crippen LogP contribution in [-0.4, -0.2) is 40.2 Å². The molecule has 1 amide bonds. The lowest BCUT2D eigenvalue weighted by molar-refractivity contribution is -0.144. The predicted octanol–water partition coefficient (Wildman–Crippen LogP) is 2.28. The maximum atomic E-state index is 12.7. The highest BCUT2D eigenvalue weighted by Gasteiger charge is 2.44. The lowest BCUT2D eigenvalue weighted by Crippen LogP contribution is -2.52. The van der Waals surface area contributed by atoms with Crippen LogP contribution in [0.4, 0.5) is 0 Å². The minimum absolute atomic E-state index is 0.0518. The largest absolute Gasteiger partial charge is 0.481 e. The molecule has 21 heavy (non-hydrogen) atoms. The van der Waals surface area contributed by atoms with Gasteiger partial charge in [-0.25, -0.2) is 0 Å². The zero-order valence-corrected chi connectivity index (χ0v) is 12.7. The van der Waals surface area contributed by atoms with E-state index in [9.17, 15) is 9.90 Å². The molecule has 1 N–H and O–H groups in total. The van der Waals surface area contributed by atoms with Crippen LogP contribution in [0.25, 0.3) is 0 Å². The summed E-state index contributed by atoms with van der Waals surface area (Å²) in [6.45, 7) is 3.82. The predicted molar refractivity (Wildman–Crippen MR) is 80.2 cm³/mol. The number of aliphatic hydroxyl groups excluding tert-OH is 1. The Morgan fingerprint density at radius 2 is 2.00 bits per heavy atom. The molecule has 2 heterocycles. The number of carbonyl (C=O) groups is 1. The van der Waals surface area contributed by atoms with Crippen LogP contribution < -0.4 is 4.74 Å². The molecule has 3 atom stereocenters. The summed E-state index contributed by atoms with van der Waals surface area (Å²) in [7, 11) is 0. The molecule has 2 saturated heterocycles. The second kappa shape index (κ2) is 5.68. The molecular weight excluding hydrogens is 266 g/mol. The first-order valence-corrected chi connectivity index (χ1v) is 7.78. The Morgan fingerprint density at radius 1 is 1.33 bits per heavy atom. The number of carbonyl (C=O) groups excluding carboxylic acids is 1. The van der Waals surface area contributed by atoms with E-state index in [4.69, 9.17) is 4.74 Å². The van der Waals surface area contributed by atoms with E-state index in [2.05, 4.69) is 0 Å². The van der Waals surface area contributed by atoms with Crippen LogP contribution in [-0.2, 0) is 4.79 Å². The maximum Gasteiger partial charge on any atom is 0.263 e. The average Bonchev–Trinajstić information content (AvgIpc) is 2.70. The lowest BCUT2D eigenvalue weighted by Gasteiger charge is -2.38.